The van der Waals surface area contributed by atoms with Crippen molar-refractivity contribution in [2.45, 2.75) is 19.3 Å². The fourth-order valence-corrected chi connectivity index (χ4v) is 2.18. The molecule has 1 aromatic carbocycles. The number of hydrogen-bond acceptors (Lipinski definition) is 3. The normalized spacial score (nSPS) is 15.2. The molecule has 19 heavy (non-hydrogen) atoms. The molecular weight excluding hydrogens is 245 g/mol. The second kappa shape index (κ2) is 4.91. The van der Waals surface area contributed by atoms with Crippen LogP contribution in [0, 0.1) is 11.7 Å². The van der Waals surface area contributed by atoms with Crippen LogP contribution in [0.1, 0.15) is 19.3 Å². The summed E-state index contributed by atoms with van der Waals surface area (Å²) in [6.45, 7) is 0.601. The maximum Gasteiger partial charge on any atom is 0.165 e. The lowest BCUT2D eigenvalue weighted by atomic mass is 9.86. The number of nitrogen functional groups attached to an aromatic ring is 1. The van der Waals surface area contributed by atoms with Crippen LogP contribution in [-0.4, -0.2) is 16.8 Å². The van der Waals surface area contributed by atoms with Crippen LogP contribution < -0.4 is 10.5 Å². The fraction of sp³-hybridized carbons (Fsp3) is 0.357. The number of H-pyrrole nitrogens is 1. The third-order valence-electron chi connectivity index (χ3n) is 3.61. The lowest BCUT2D eigenvalue weighted by molar-refractivity contribution is 0.175. The molecule has 0 bridgehead atoms. The summed E-state index contributed by atoms with van der Waals surface area (Å²) >= 11 is 0. The Morgan fingerprint density at radius 1 is 1.42 bits per heavy atom. The van der Waals surface area contributed by atoms with Crippen molar-refractivity contribution in [2.24, 2.45) is 5.92 Å². The lowest BCUT2D eigenvalue weighted by Gasteiger charge is -2.25. The van der Waals surface area contributed by atoms with Crippen LogP contribution in [0.5, 0.6) is 5.75 Å². The Morgan fingerprint density at radius 3 is 2.84 bits per heavy atom. The minimum absolute atomic E-state index is 0.303. The molecule has 0 aliphatic heterocycles. The molecule has 0 spiro atoms. The van der Waals surface area contributed by atoms with Gasteiger partial charge in [-0.3, -0.25) is 5.10 Å². The van der Waals surface area contributed by atoms with Crippen molar-refractivity contribution in [3.05, 3.63) is 30.2 Å². The summed E-state index contributed by atoms with van der Waals surface area (Å²) in [6.07, 6.45) is 5.21. The molecular formula is C14H16FN3O. The molecule has 0 atom stereocenters. The van der Waals surface area contributed by atoms with Gasteiger partial charge in [-0.25, -0.2) is 4.39 Å². The molecule has 1 aliphatic carbocycles. The van der Waals surface area contributed by atoms with Crippen molar-refractivity contribution in [1.29, 1.82) is 0 Å². The van der Waals surface area contributed by atoms with E-state index < -0.39 is 0 Å². The van der Waals surface area contributed by atoms with E-state index in [-0.39, 0.29) is 5.82 Å². The van der Waals surface area contributed by atoms with E-state index in [1.54, 1.807) is 18.3 Å². The van der Waals surface area contributed by atoms with Crippen molar-refractivity contribution < 1.29 is 9.13 Å². The second-order valence-corrected chi connectivity index (χ2v) is 4.95. The van der Waals surface area contributed by atoms with E-state index in [4.69, 9.17) is 10.5 Å². The Morgan fingerprint density at radius 2 is 2.26 bits per heavy atom. The third-order valence-corrected chi connectivity index (χ3v) is 3.61. The summed E-state index contributed by atoms with van der Waals surface area (Å²) in [6, 6.07) is 4.87. The average Bonchev–Trinajstić information content (AvgIpc) is 2.75. The van der Waals surface area contributed by atoms with Crippen molar-refractivity contribution in [1.82, 2.24) is 10.2 Å². The summed E-state index contributed by atoms with van der Waals surface area (Å²) in [4.78, 5) is 0. The standard InChI is InChI=1S/C14H16FN3O/c15-12-6-10(11-7-17-18-14(11)16)4-5-13(12)19-8-9-2-1-3-9/h4-7,9H,1-3,8H2,(H3,16,17,18). The molecule has 1 fully saturated rings. The number of benzene rings is 1. The number of aromatic amines is 1. The number of nitrogens with two attached hydrogens (primary N) is 1. The first-order valence-corrected chi connectivity index (χ1v) is 6.45. The lowest BCUT2D eigenvalue weighted by Crippen LogP contribution is -2.19. The highest BCUT2D eigenvalue weighted by Crippen LogP contribution is 2.30. The van der Waals surface area contributed by atoms with Crippen molar-refractivity contribution >= 4 is 5.82 Å². The zero-order valence-corrected chi connectivity index (χ0v) is 10.5. The van der Waals surface area contributed by atoms with E-state index in [0.717, 1.165) is 0 Å². The Balaban J connectivity index is 1.75. The van der Waals surface area contributed by atoms with Gasteiger partial charge in [0, 0.05) is 5.56 Å². The first-order valence-electron chi connectivity index (χ1n) is 6.45. The molecule has 2 aromatic rings. The van der Waals surface area contributed by atoms with E-state index in [1.807, 2.05) is 0 Å². The number of ether oxygens (including phenoxy) is 1. The van der Waals surface area contributed by atoms with E-state index in [1.165, 1.54) is 25.3 Å². The largest absolute Gasteiger partial charge is 0.490 e. The van der Waals surface area contributed by atoms with Crippen LogP contribution in [0.4, 0.5) is 10.2 Å². The van der Waals surface area contributed by atoms with Gasteiger partial charge in [0.25, 0.3) is 0 Å². The van der Waals surface area contributed by atoms with Crippen LogP contribution in [0.25, 0.3) is 11.1 Å². The summed E-state index contributed by atoms with van der Waals surface area (Å²) in [5.74, 6) is 0.960. The van der Waals surface area contributed by atoms with Gasteiger partial charge in [-0.05, 0) is 36.5 Å². The second-order valence-electron chi connectivity index (χ2n) is 4.95. The maximum absolute atomic E-state index is 13.9. The van der Waals surface area contributed by atoms with Crippen LogP contribution in [0.15, 0.2) is 24.4 Å². The van der Waals surface area contributed by atoms with Gasteiger partial charge >= 0.3 is 0 Å². The van der Waals surface area contributed by atoms with Gasteiger partial charge in [0.2, 0.25) is 0 Å². The Bertz CT molecular complexity index is 578. The van der Waals surface area contributed by atoms with E-state index in [2.05, 4.69) is 10.2 Å². The predicted molar refractivity (Wildman–Crippen MR) is 71.2 cm³/mol. The van der Waals surface area contributed by atoms with E-state index >= 15 is 0 Å². The van der Waals surface area contributed by atoms with Crippen LogP contribution in [0.3, 0.4) is 0 Å². The molecule has 3 rings (SSSR count). The molecule has 5 heteroatoms. The highest BCUT2D eigenvalue weighted by atomic mass is 19.1. The predicted octanol–water partition coefficient (Wildman–Crippen LogP) is 2.98. The molecule has 1 heterocycles. The van der Waals surface area contributed by atoms with Crippen molar-refractivity contribution in [3.63, 3.8) is 0 Å². The average molecular weight is 261 g/mol. The van der Waals surface area contributed by atoms with Crippen LogP contribution in [-0.2, 0) is 0 Å². The van der Waals surface area contributed by atoms with E-state index in [9.17, 15) is 4.39 Å². The number of rotatable bonds is 4. The van der Waals surface area contributed by atoms with Crippen LogP contribution in [0.2, 0.25) is 0 Å². The minimum atomic E-state index is -0.363. The van der Waals surface area contributed by atoms with Crippen LogP contribution >= 0.6 is 0 Å². The SMILES string of the molecule is Nc1[nH]ncc1-c1ccc(OCC2CCC2)c(F)c1. The number of halogens is 1. The zero-order valence-electron chi connectivity index (χ0n) is 10.5. The Hall–Kier alpha value is -2.04. The molecule has 1 aromatic heterocycles. The van der Waals surface area contributed by atoms with Gasteiger partial charge in [0.1, 0.15) is 5.82 Å². The smallest absolute Gasteiger partial charge is 0.165 e. The van der Waals surface area contributed by atoms with Gasteiger partial charge in [-0.1, -0.05) is 12.5 Å². The molecule has 1 saturated carbocycles. The zero-order chi connectivity index (χ0) is 13.2. The van der Waals surface area contributed by atoms with Gasteiger partial charge in [0.15, 0.2) is 11.6 Å². The number of nitrogens with zero attached hydrogens (tertiary/aromatic N) is 1. The van der Waals surface area contributed by atoms with Crippen molar-refractivity contribution in [3.8, 4) is 16.9 Å². The number of nitrogens with one attached hydrogen (secondary N) is 1. The molecule has 0 saturated heterocycles. The third kappa shape index (κ3) is 2.41. The quantitative estimate of drug-likeness (QED) is 0.889. The number of hydrogen-bond donors (Lipinski definition) is 2. The van der Waals surface area contributed by atoms with E-state index in [0.29, 0.717) is 35.2 Å². The van der Waals surface area contributed by atoms with Gasteiger partial charge < -0.3 is 10.5 Å². The highest BCUT2D eigenvalue weighted by Gasteiger charge is 2.18. The Labute approximate surface area is 110 Å². The monoisotopic (exact) mass is 261 g/mol. The van der Waals surface area contributed by atoms with Gasteiger partial charge in [-0.2, -0.15) is 5.10 Å². The molecule has 0 radical (unpaired) electrons. The molecule has 0 unspecified atom stereocenters. The van der Waals surface area contributed by atoms with Gasteiger partial charge in [-0.15, -0.1) is 0 Å². The number of aromatic nitrogens is 2. The highest BCUT2D eigenvalue weighted by molar-refractivity contribution is 5.73. The van der Waals surface area contributed by atoms with Crippen molar-refractivity contribution in [2.75, 3.05) is 12.3 Å². The minimum Gasteiger partial charge on any atom is -0.490 e. The summed E-state index contributed by atoms with van der Waals surface area (Å²) in [5, 5.41) is 6.46. The topological polar surface area (TPSA) is 63.9 Å². The number of anilines is 1. The molecule has 3 N–H and O–H groups in total. The summed E-state index contributed by atoms with van der Waals surface area (Å²) < 4.78 is 19.5. The molecule has 0 amide bonds. The molecule has 1 aliphatic rings. The first kappa shape index (κ1) is 12.0. The molecule has 100 valence electrons. The first-order chi connectivity index (χ1) is 9.24. The summed E-state index contributed by atoms with van der Waals surface area (Å²) in [5.41, 5.74) is 7.11. The van der Waals surface area contributed by atoms with Gasteiger partial charge in [0.05, 0.1) is 12.8 Å². The molecule has 4 nitrogen and oxygen atoms in total. The Kier molecular flexibility index (Phi) is 3.11. The summed E-state index contributed by atoms with van der Waals surface area (Å²) in [7, 11) is 0. The maximum atomic E-state index is 13.9. The fourth-order valence-electron chi connectivity index (χ4n) is 2.18.